The Kier molecular flexibility index (Phi) is 4.33. The number of hydrogen-bond acceptors (Lipinski definition) is 3. The average Bonchev–Trinajstić information content (AvgIpc) is 2.58. The van der Waals surface area contributed by atoms with E-state index in [4.69, 9.17) is 14.2 Å². The van der Waals surface area contributed by atoms with Crippen LogP contribution in [0.25, 0.3) is 10.8 Å². The van der Waals surface area contributed by atoms with Gasteiger partial charge in [-0.25, -0.2) is 0 Å². The first-order valence-corrected chi connectivity index (χ1v) is 8.99. The highest BCUT2D eigenvalue weighted by molar-refractivity contribution is 5.84. The second-order valence-electron chi connectivity index (χ2n) is 7.36. The summed E-state index contributed by atoms with van der Waals surface area (Å²) in [6.07, 6.45) is 0.526. The lowest BCUT2D eigenvalue weighted by molar-refractivity contribution is -0.195. The van der Waals surface area contributed by atoms with Gasteiger partial charge in [-0.05, 0) is 41.0 Å². The van der Waals surface area contributed by atoms with E-state index in [1.165, 1.54) is 21.9 Å². The van der Waals surface area contributed by atoms with Crippen LogP contribution in [-0.4, -0.2) is 24.9 Å². The number of hydrogen-bond donors (Lipinski definition) is 0. The molecule has 2 bridgehead atoms. The van der Waals surface area contributed by atoms with Crippen molar-refractivity contribution in [1.29, 1.82) is 0 Å². The molecule has 0 saturated carbocycles. The molecule has 5 atom stereocenters. The van der Waals surface area contributed by atoms with Crippen molar-refractivity contribution < 1.29 is 14.2 Å². The van der Waals surface area contributed by atoms with Crippen molar-refractivity contribution in [3.63, 3.8) is 0 Å². The monoisotopic (exact) mass is 326 g/mol. The van der Waals surface area contributed by atoms with Crippen LogP contribution in [0.3, 0.4) is 0 Å². The van der Waals surface area contributed by atoms with Gasteiger partial charge >= 0.3 is 0 Å². The Hall–Kier alpha value is -1.42. The van der Waals surface area contributed by atoms with Crippen LogP contribution < -0.4 is 0 Å². The van der Waals surface area contributed by atoms with Gasteiger partial charge < -0.3 is 14.2 Å². The summed E-state index contributed by atoms with van der Waals surface area (Å²) >= 11 is 0. The highest BCUT2D eigenvalue weighted by Gasteiger charge is 2.40. The summed E-state index contributed by atoms with van der Waals surface area (Å²) in [7, 11) is 0. The molecular formula is C21H26O3. The van der Waals surface area contributed by atoms with Gasteiger partial charge in [0.05, 0.1) is 38.1 Å². The lowest BCUT2D eigenvalue weighted by Gasteiger charge is -2.44. The van der Waals surface area contributed by atoms with Crippen LogP contribution in [0.5, 0.6) is 0 Å². The summed E-state index contributed by atoms with van der Waals surface area (Å²) in [5, 5.41) is 2.51. The molecule has 0 aromatic heterocycles. The first kappa shape index (κ1) is 16.1. The van der Waals surface area contributed by atoms with Gasteiger partial charge in [0.25, 0.3) is 0 Å². The summed E-state index contributed by atoms with van der Waals surface area (Å²) in [6, 6.07) is 13.0. The molecule has 0 spiro atoms. The Morgan fingerprint density at radius 1 is 0.875 bits per heavy atom. The lowest BCUT2D eigenvalue weighted by Crippen LogP contribution is -2.50. The zero-order valence-electron chi connectivity index (χ0n) is 14.7. The van der Waals surface area contributed by atoms with Crippen molar-refractivity contribution in [3.8, 4) is 0 Å². The molecule has 2 aliphatic heterocycles. The van der Waals surface area contributed by atoms with E-state index in [-0.39, 0.29) is 18.3 Å². The number of fused-ring (bicyclic) bond motifs is 4. The van der Waals surface area contributed by atoms with Gasteiger partial charge in [-0.2, -0.15) is 0 Å². The maximum atomic E-state index is 6.42. The van der Waals surface area contributed by atoms with Gasteiger partial charge in [0.1, 0.15) is 0 Å². The molecule has 2 heterocycles. The minimum absolute atomic E-state index is 0.114. The molecular weight excluding hydrogens is 300 g/mol. The van der Waals surface area contributed by atoms with Gasteiger partial charge in [0.15, 0.2) is 0 Å². The fourth-order valence-electron chi connectivity index (χ4n) is 4.05. The number of benzene rings is 2. The predicted octanol–water partition coefficient (Wildman–Crippen LogP) is 4.31. The summed E-state index contributed by atoms with van der Waals surface area (Å²) in [6.45, 7) is 8.49. The molecule has 0 aliphatic carbocycles. The molecule has 4 rings (SSSR count). The molecule has 3 nitrogen and oxygen atoms in total. The van der Waals surface area contributed by atoms with Crippen molar-refractivity contribution in [3.05, 3.63) is 47.5 Å². The Labute approximate surface area is 143 Å². The van der Waals surface area contributed by atoms with Crippen molar-refractivity contribution >= 4 is 10.8 Å². The molecule has 2 aromatic rings. The fraction of sp³-hybridized carbons (Fsp3) is 0.524. The lowest BCUT2D eigenvalue weighted by atomic mass is 9.83. The zero-order valence-corrected chi connectivity index (χ0v) is 14.7. The van der Waals surface area contributed by atoms with Crippen LogP contribution in [-0.2, 0) is 27.4 Å². The maximum absolute atomic E-state index is 6.42. The van der Waals surface area contributed by atoms with Crippen molar-refractivity contribution in [2.75, 3.05) is 6.61 Å². The highest BCUT2D eigenvalue weighted by Crippen LogP contribution is 2.34. The first-order chi connectivity index (χ1) is 11.6. The van der Waals surface area contributed by atoms with E-state index >= 15 is 0 Å². The SMILES string of the molecule is CC1OC2COCc3cc4ccccc4cc3CO[C@@H](C1C)[C@@H]2C. The van der Waals surface area contributed by atoms with Crippen molar-refractivity contribution in [2.45, 2.75) is 52.3 Å². The Morgan fingerprint density at radius 2 is 1.54 bits per heavy atom. The number of rotatable bonds is 0. The third-order valence-electron chi connectivity index (χ3n) is 5.79. The van der Waals surface area contributed by atoms with E-state index in [0.29, 0.717) is 31.7 Å². The van der Waals surface area contributed by atoms with Gasteiger partial charge in [0.2, 0.25) is 0 Å². The van der Waals surface area contributed by atoms with Gasteiger partial charge in [-0.15, -0.1) is 0 Å². The van der Waals surface area contributed by atoms with Crippen LogP contribution >= 0.6 is 0 Å². The molecule has 1 saturated heterocycles. The number of ether oxygens (including phenoxy) is 3. The Balaban J connectivity index is 1.69. The van der Waals surface area contributed by atoms with Crippen LogP contribution in [0, 0.1) is 11.8 Å². The molecule has 0 amide bonds. The van der Waals surface area contributed by atoms with Crippen LogP contribution in [0.1, 0.15) is 31.9 Å². The van der Waals surface area contributed by atoms with Gasteiger partial charge in [-0.3, -0.25) is 0 Å². The van der Waals surface area contributed by atoms with E-state index in [1.54, 1.807) is 0 Å². The van der Waals surface area contributed by atoms with Crippen LogP contribution in [0.2, 0.25) is 0 Å². The van der Waals surface area contributed by atoms with E-state index in [2.05, 4.69) is 57.2 Å². The van der Waals surface area contributed by atoms with E-state index in [0.717, 1.165) is 0 Å². The molecule has 3 heteroatoms. The second-order valence-corrected chi connectivity index (χ2v) is 7.36. The fourth-order valence-corrected chi connectivity index (χ4v) is 4.05. The predicted molar refractivity (Wildman–Crippen MR) is 94.8 cm³/mol. The largest absolute Gasteiger partial charge is 0.374 e. The van der Waals surface area contributed by atoms with Crippen molar-refractivity contribution in [2.24, 2.45) is 11.8 Å². The van der Waals surface area contributed by atoms with E-state index in [1.807, 2.05) is 0 Å². The highest BCUT2D eigenvalue weighted by atomic mass is 16.5. The zero-order chi connectivity index (χ0) is 16.7. The van der Waals surface area contributed by atoms with Gasteiger partial charge in [0, 0.05) is 11.8 Å². The molecule has 1 fully saturated rings. The third-order valence-corrected chi connectivity index (χ3v) is 5.79. The van der Waals surface area contributed by atoms with Crippen LogP contribution in [0.4, 0.5) is 0 Å². The van der Waals surface area contributed by atoms with E-state index in [9.17, 15) is 0 Å². The third kappa shape index (κ3) is 2.85. The molecule has 0 N–H and O–H groups in total. The quantitative estimate of drug-likeness (QED) is 0.722. The summed E-state index contributed by atoms with van der Waals surface area (Å²) < 4.78 is 18.6. The Bertz CT molecular complexity index is 726. The summed E-state index contributed by atoms with van der Waals surface area (Å²) in [4.78, 5) is 0. The molecule has 3 unspecified atom stereocenters. The smallest absolute Gasteiger partial charge is 0.0862 e. The molecule has 2 aliphatic rings. The van der Waals surface area contributed by atoms with Crippen molar-refractivity contribution in [1.82, 2.24) is 0 Å². The molecule has 128 valence electrons. The summed E-state index contributed by atoms with van der Waals surface area (Å²) in [5.74, 6) is 0.734. The minimum Gasteiger partial charge on any atom is -0.374 e. The summed E-state index contributed by atoms with van der Waals surface area (Å²) in [5.41, 5.74) is 2.47. The first-order valence-electron chi connectivity index (χ1n) is 8.99. The van der Waals surface area contributed by atoms with Crippen LogP contribution in [0.15, 0.2) is 36.4 Å². The van der Waals surface area contributed by atoms with Gasteiger partial charge in [-0.1, -0.05) is 38.1 Å². The Morgan fingerprint density at radius 3 is 2.25 bits per heavy atom. The second kappa shape index (κ2) is 6.47. The molecule has 0 radical (unpaired) electrons. The topological polar surface area (TPSA) is 27.7 Å². The molecule has 2 aromatic carbocycles. The maximum Gasteiger partial charge on any atom is 0.0862 e. The average molecular weight is 326 g/mol. The standard InChI is InChI=1S/C21H26O3/c1-13-15(3)24-20-12-22-10-18-8-16-6-4-5-7-17(16)9-19(18)11-23-21(13)14(20)2/h4-9,13-15,20-21H,10-12H2,1-3H3/t13?,14-,15?,20?,21+/m1/s1. The molecule has 24 heavy (non-hydrogen) atoms. The normalized spacial score (nSPS) is 33.9. The minimum atomic E-state index is 0.114. The van der Waals surface area contributed by atoms with E-state index < -0.39 is 0 Å².